The predicted molar refractivity (Wildman–Crippen MR) is 109 cm³/mol. The number of hydrogen-bond acceptors (Lipinski definition) is 2. The summed E-state index contributed by atoms with van der Waals surface area (Å²) in [6.07, 6.45) is 14.4. The number of nitrogens with one attached hydrogen (secondary N) is 1. The fraction of sp³-hybridized carbons (Fsp3) is 0.857. The lowest BCUT2D eigenvalue weighted by molar-refractivity contribution is -0.127. The number of unbranched alkanes of at least 4 members (excludes halogenated alkanes) is 9. The number of carbonyl (C=O) groups excluding carboxylic acids is 1. The summed E-state index contributed by atoms with van der Waals surface area (Å²) in [5, 5.41) is 2.75. The van der Waals surface area contributed by atoms with Crippen molar-refractivity contribution in [2.75, 3.05) is 27.2 Å². The molecule has 0 radical (unpaired) electrons. The maximum atomic E-state index is 12.0. The third-order valence-electron chi connectivity index (χ3n) is 3.93. The summed E-state index contributed by atoms with van der Waals surface area (Å²) in [7, 11) is 3.75. The Hall–Kier alpha value is -0.830. The van der Waals surface area contributed by atoms with Crippen molar-refractivity contribution in [3.05, 3.63) is 12.2 Å². The summed E-state index contributed by atoms with van der Waals surface area (Å²) in [6.45, 7) is 11.7. The highest BCUT2D eigenvalue weighted by Crippen LogP contribution is 2.11. The Bertz CT molecular complexity index is 290. The minimum atomic E-state index is 0.132. The van der Waals surface area contributed by atoms with E-state index >= 15 is 0 Å². The molecule has 0 spiro atoms. The summed E-state index contributed by atoms with van der Waals surface area (Å²) in [5.74, 6) is 0.132. The van der Waals surface area contributed by atoms with E-state index in [2.05, 4.69) is 25.7 Å². The molecular formula is C21H44N2O. The number of nitrogens with zero attached hydrogens (tertiary/aromatic N) is 1. The molecule has 0 bridgehead atoms. The molecule has 0 saturated carbocycles. The molecule has 0 aromatic carbocycles. The molecule has 3 heteroatoms. The van der Waals surface area contributed by atoms with E-state index in [1.165, 1.54) is 57.8 Å². The van der Waals surface area contributed by atoms with Crippen molar-refractivity contribution in [3.8, 4) is 0 Å². The Morgan fingerprint density at radius 1 is 0.792 bits per heavy atom. The number of carbonyl (C=O) groups is 1. The lowest BCUT2D eigenvalue weighted by atomic mass is 10.1. The Morgan fingerprint density at radius 2 is 1.21 bits per heavy atom. The second kappa shape index (κ2) is 20.2. The monoisotopic (exact) mass is 340 g/mol. The van der Waals surface area contributed by atoms with Gasteiger partial charge in [-0.25, -0.2) is 0 Å². The van der Waals surface area contributed by atoms with Gasteiger partial charge in [-0.3, -0.25) is 4.79 Å². The molecule has 0 heterocycles. The highest BCUT2D eigenvalue weighted by atomic mass is 16.2. The van der Waals surface area contributed by atoms with Crippen molar-refractivity contribution >= 4 is 5.91 Å². The van der Waals surface area contributed by atoms with Crippen molar-refractivity contribution in [2.45, 2.75) is 91.4 Å². The first-order chi connectivity index (χ1) is 11.5. The Kier molecular flexibility index (Phi) is 21.4. The summed E-state index contributed by atoms with van der Waals surface area (Å²) < 4.78 is 0. The van der Waals surface area contributed by atoms with Gasteiger partial charge in [-0.05, 0) is 33.9 Å². The standard InChI is InChI=1S/C19H37NO.C2H7N/c1-5-7-8-9-10-11-12-13-14-15-17-20(16-6-2)19(21)18(3)4;1-3-2/h3,5-17H2,1-2,4H3;3H,1-2H3. The van der Waals surface area contributed by atoms with Gasteiger partial charge in [0.15, 0.2) is 0 Å². The SMILES string of the molecule is C=C(C)C(=O)N(CCC)CCCCCCCCCCCC.CNC. The molecule has 1 N–H and O–H groups in total. The number of rotatable bonds is 14. The van der Waals surface area contributed by atoms with E-state index in [4.69, 9.17) is 0 Å². The highest BCUT2D eigenvalue weighted by Gasteiger charge is 2.12. The minimum absolute atomic E-state index is 0.132. The van der Waals surface area contributed by atoms with Gasteiger partial charge in [0.05, 0.1) is 0 Å². The fourth-order valence-electron chi connectivity index (χ4n) is 2.64. The van der Waals surface area contributed by atoms with Crippen molar-refractivity contribution < 1.29 is 4.79 Å². The summed E-state index contributed by atoms with van der Waals surface area (Å²) in [6, 6.07) is 0. The molecule has 0 aliphatic heterocycles. The van der Waals surface area contributed by atoms with Crippen LogP contribution in [0.2, 0.25) is 0 Å². The van der Waals surface area contributed by atoms with Crippen LogP contribution in [0, 0.1) is 0 Å². The van der Waals surface area contributed by atoms with Gasteiger partial charge >= 0.3 is 0 Å². The van der Waals surface area contributed by atoms with Gasteiger partial charge in [-0.15, -0.1) is 0 Å². The average molecular weight is 341 g/mol. The van der Waals surface area contributed by atoms with Gasteiger partial charge < -0.3 is 10.2 Å². The van der Waals surface area contributed by atoms with E-state index in [0.717, 1.165) is 25.9 Å². The molecule has 0 atom stereocenters. The number of hydrogen-bond donors (Lipinski definition) is 1. The van der Waals surface area contributed by atoms with Crippen LogP contribution in [0.1, 0.15) is 91.4 Å². The van der Waals surface area contributed by atoms with Crippen molar-refractivity contribution in [1.29, 1.82) is 0 Å². The van der Waals surface area contributed by atoms with Crippen LogP contribution in [0.4, 0.5) is 0 Å². The first-order valence-corrected chi connectivity index (χ1v) is 10.1. The highest BCUT2D eigenvalue weighted by molar-refractivity contribution is 5.92. The third-order valence-corrected chi connectivity index (χ3v) is 3.93. The maximum Gasteiger partial charge on any atom is 0.248 e. The summed E-state index contributed by atoms with van der Waals surface area (Å²) >= 11 is 0. The van der Waals surface area contributed by atoms with E-state index in [0.29, 0.717) is 5.57 Å². The van der Waals surface area contributed by atoms with Crippen LogP contribution < -0.4 is 5.32 Å². The molecule has 0 aromatic heterocycles. The average Bonchev–Trinajstić information content (AvgIpc) is 2.55. The van der Waals surface area contributed by atoms with E-state index in [1.54, 1.807) is 0 Å². The zero-order valence-corrected chi connectivity index (χ0v) is 17.3. The molecule has 0 aromatic rings. The van der Waals surface area contributed by atoms with Crippen LogP contribution in [0.3, 0.4) is 0 Å². The molecular weight excluding hydrogens is 296 g/mol. The van der Waals surface area contributed by atoms with Crippen molar-refractivity contribution in [1.82, 2.24) is 10.2 Å². The van der Waals surface area contributed by atoms with Gasteiger partial charge in [0, 0.05) is 18.7 Å². The molecule has 144 valence electrons. The Morgan fingerprint density at radius 3 is 1.58 bits per heavy atom. The van der Waals surface area contributed by atoms with E-state index in [1.807, 2.05) is 25.9 Å². The second-order valence-electron chi connectivity index (χ2n) is 6.75. The quantitative estimate of drug-likeness (QED) is 0.332. The molecule has 1 amide bonds. The molecule has 0 fully saturated rings. The lowest BCUT2D eigenvalue weighted by Gasteiger charge is -2.22. The van der Waals surface area contributed by atoms with Gasteiger partial charge in [0.1, 0.15) is 0 Å². The molecule has 0 aliphatic rings. The molecule has 24 heavy (non-hydrogen) atoms. The molecule has 0 saturated heterocycles. The van der Waals surface area contributed by atoms with Gasteiger partial charge in [0.2, 0.25) is 5.91 Å². The third kappa shape index (κ3) is 17.5. The predicted octanol–water partition coefficient (Wildman–Crippen LogP) is 5.56. The lowest BCUT2D eigenvalue weighted by Crippen LogP contribution is -2.33. The zero-order chi connectivity index (χ0) is 18.6. The zero-order valence-electron chi connectivity index (χ0n) is 17.3. The first kappa shape index (κ1) is 25.4. The maximum absolute atomic E-state index is 12.0. The Labute approximate surface area is 152 Å². The van der Waals surface area contributed by atoms with E-state index < -0.39 is 0 Å². The largest absolute Gasteiger partial charge is 0.339 e. The molecule has 3 nitrogen and oxygen atoms in total. The normalized spacial score (nSPS) is 10.0. The summed E-state index contributed by atoms with van der Waals surface area (Å²) in [4.78, 5) is 13.9. The topological polar surface area (TPSA) is 32.3 Å². The van der Waals surface area contributed by atoms with Crippen LogP contribution >= 0.6 is 0 Å². The van der Waals surface area contributed by atoms with Gasteiger partial charge in [-0.1, -0.05) is 78.2 Å². The number of amides is 1. The van der Waals surface area contributed by atoms with Crippen LogP contribution in [0.5, 0.6) is 0 Å². The first-order valence-electron chi connectivity index (χ1n) is 10.1. The van der Waals surface area contributed by atoms with Crippen molar-refractivity contribution in [2.24, 2.45) is 0 Å². The van der Waals surface area contributed by atoms with E-state index in [-0.39, 0.29) is 5.91 Å². The van der Waals surface area contributed by atoms with Crippen LogP contribution in [0.25, 0.3) is 0 Å². The van der Waals surface area contributed by atoms with Crippen LogP contribution in [-0.2, 0) is 4.79 Å². The summed E-state index contributed by atoms with van der Waals surface area (Å²) in [5.41, 5.74) is 0.663. The second-order valence-corrected chi connectivity index (χ2v) is 6.75. The molecule has 0 rings (SSSR count). The Balaban J connectivity index is 0. The fourth-order valence-corrected chi connectivity index (χ4v) is 2.64. The molecule has 0 aliphatic carbocycles. The van der Waals surface area contributed by atoms with Crippen LogP contribution in [-0.4, -0.2) is 38.0 Å². The van der Waals surface area contributed by atoms with Gasteiger partial charge in [-0.2, -0.15) is 0 Å². The van der Waals surface area contributed by atoms with Crippen molar-refractivity contribution in [3.63, 3.8) is 0 Å². The minimum Gasteiger partial charge on any atom is -0.339 e. The molecule has 0 unspecified atom stereocenters. The van der Waals surface area contributed by atoms with Gasteiger partial charge in [0.25, 0.3) is 0 Å². The van der Waals surface area contributed by atoms with Crippen LogP contribution in [0.15, 0.2) is 12.2 Å². The smallest absolute Gasteiger partial charge is 0.248 e. The van der Waals surface area contributed by atoms with E-state index in [9.17, 15) is 4.79 Å².